The first-order valence-corrected chi connectivity index (χ1v) is 7.77. The number of rotatable bonds is 8. The molecule has 1 unspecified atom stereocenters. The number of nitrogens with one attached hydrogen (secondary N) is 2. The highest BCUT2D eigenvalue weighted by molar-refractivity contribution is 7.99. The SMILES string of the molecule is Cc1nc(SCC(=O)NC(C)CCCC(C)C)n[nH]1. The number of amides is 1. The van der Waals surface area contributed by atoms with Gasteiger partial charge in [-0.25, -0.2) is 4.98 Å². The summed E-state index contributed by atoms with van der Waals surface area (Å²) in [4.78, 5) is 15.9. The molecule has 0 aliphatic rings. The minimum Gasteiger partial charge on any atom is -0.353 e. The summed E-state index contributed by atoms with van der Waals surface area (Å²) in [6.45, 7) is 8.34. The van der Waals surface area contributed by atoms with Crippen LogP contribution in [-0.4, -0.2) is 32.9 Å². The van der Waals surface area contributed by atoms with E-state index in [1.807, 2.05) is 6.92 Å². The summed E-state index contributed by atoms with van der Waals surface area (Å²) in [5, 5.41) is 10.4. The molecular formula is C13H24N4OS. The van der Waals surface area contributed by atoms with Gasteiger partial charge in [0.2, 0.25) is 11.1 Å². The quantitative estimate of drug-likeness (QED) is 0.720. The monoisotopic (exact) mass is 284 g/mol. The van der Waals surface area contributed by atoms with Crippen LogP contribution in [-0.2, 0) is 4.79 Å². The molecule has 1 atom stereocenters. The Hall–Kier alpha value is -1.04. The fourth-order valence-electron chi connectivity index (χ4n) is 1.74. The number of nitrogens with zero attached hydrogens (tertiary/aromatic N) is 2. The summed E-state index contributed by atoms with van der Waals surface area (Å²) in [5.41, 5.74) is 0. The van der Waals surface area contributed by atoms with Crippen molar-refractivity contribution in [1.29, 1.82) is 0 Å². The number of carbonyl (C=O) groups excluding carboxylic acids is 1. The van der Waals surface area contributed by atoms with Gasteiger partial charge in [-0.15, -0.1) is 5.10 Å². The topological polar surface area (TPSA) is 70.7 Å². The molecule has 1 aromatic rings. The molecule has 108 valence electrons. The van der Waals surface area contributed by atoms with Crippen molar-refractivity contribution >= 4 is 17.7 Å². The van der Waals surface area contributed by atoms with Gasteiger partial charge in [0, 0.05) is 6.04 Å². The zero-order chi connectivity index (χ0) is 14.3. The van der Waals surface area contributed by atoms with Crippen LogP contribution in [0, 0.1) is 12.8 Å². The van der Waals surface area contributed by atoms with Gasteiger partial charge in [0.1, 0.15) is 5.82 Å². The number of hydrogen-bond donors (Lipinski definition) is 2. The Kier molecular flexibility index (Phi) is 6.91. The van der Waals surface area contributed by atoms with E-state index in [9.17, 15) is 4.79 Å². The molecule has 1 aromatic heterocycles. The molecule has 0 bridgehead atoms. The Balaban J connectivity index is 2.16. The van der Waals surface area contributed by atoms with E-state index >= 15 is 0 Å². The minimum atomic E-state index is 0.0458. The molecule has 1 amide bonds. The van der Waals surface area contributed by atoms with E-state index in [2.05, 4.69) is 41.3 Å². The lowest BCUT2D eigenvalue weighted by molar-refractivity contribution is -0.119. The second-order valence-corrected chi connectivity index (χ2v) is 6.23. The molecule has 0 aliphatic heterocycles. The normalized spacial score (nSPS) is 12.7. The number of carbonyl (C=O) groups is 1. The van der Waals surface area contributed by atoms with Gasteiger partial charge in [0.25, 0.3) is 0 Å². The molecule has 0 aromatic carbocycles. The van der Waals surface area contributed by atoms with Crippen LogP contribution in [0.1, 0.15) is 45.9 Å². The molecule has 0 radical (unpaired) electrons. The number of H-pyrrole nitrogens is 1. The molecule has 6 heteroatoms. The Morgan fingerprint density at radius 2 is 2.11 bits per heavy atom. The average Bonchev–Trinajstić information content (AvgIpc) is 2.72. The third-order valence-electron chi connectivity index (χ3n) is 2.74. The summed E-state index contributed by atoms with van der Waals surface area (Å²) in [6, 6.07) is 0.237. The van der Waals surface area contributed by atoms with Crippen LogP contribution >= 0.6 is 11.8 Å². The minimum absolute atomic E-state index is 0.0458. The van der Waals surface area contributed by atoms with Crippen LogP contribution in [0.3, 0.4) is 0 Å². The third kappa shape index (κ3) is 7.20. The second kappa shape index (κ2) is 8.19. The number of thioether (sulfide) groups is 1. The first-order chi connectivity index (χ1) is 8.97. The van der Waals surface area contributed by atoms with Gasteiger partial charge in [-0.3, -0.25) is 9.89 Å². The summed E-state index contributed by atoms with van der Waals surface area (Å²) in [7, 11) is 0. The Bertz CT molecular complexity index is 392. The third-order valence-corrected chi connectivity index (χ3v) is 3.58. The highest BCUT2D eigenvalue weighted by atomic mass is 32.2. The van der Waals surface area contributed by atoms with Gasteiger partial charge in [0.05, 0.1) is 5.75 Å². The summed E-state index contributed by atoms with van der Waals surface area (Å²) < 4.78 is 0. The Morgan fingerprint density at radius 3 is 2.68 bits per heavy atom. The lowest BCUT2D eigenvalue weighted by atomic mass is 10.0. The molecule has 5 nitrogen and oxygen atoms in total. The van der Waals surface area contributed by atoms with Crippen molar-refractivity contribution < 1.29 is 4.79 Å². The first kappa shape index (κ1) is 16.0. The summed E-state index contributed by atoms with van der Waals surface area (Å²) in [5.74, 6) is 1.91. The van der Waals surface area contributed by atoms with Gasteiger partial charge in [-0.1, -0.05) is 38.5 Å². The van der Waals surface area contributed by atoms with Gasteiger partial charge >= 0.3 is 0 Å². The molecular weight excluding hydrogens is 260 g/mol. The highest BCUT2D eigenvalue weighted by Crippen LogP contribution is 2.12. The average molecular weight is 284 g/mol. The van der Waals surface area contributed by atoms with E-state index in [1.165, 1.54) is 18.2 Å². The molecule has 0 aliphatic carbocycles. The van der Waals surface area contributed by atoms with Crippen molar-refractivity contribution in [2.24, 2.45) is 5.92 Å². The molecule has 0 saturated carbocycles. The maximum absolute atomic E-state index is 11.7. The predicted molar refractivity (Wildman–Crippen MR) is 78.1 cm³/mol. The Morgan fingerprint density at radius 1 is 1.37 bits per heavy atom. The standard InChI is InChI=1S/C13H24N4OS/c1-9(2)6-5-7-10(3)14-12(18)8-19-13-15-11(4)16-17-13/h9-10H,5-8H2,1-4H3,(H,14,18)(H,15,16,17). The van der Waals surface area contributed by atoms with Crippen LogP contribution in [0.5, 0.6) is 0 Å². The van der Waals surface area contributed by atoms with E-state index in [4.69, 9.17) is 0 Å². The van der Waals surface area contributed by atoms with Crippen LogP contribution in [0.15, 0.2) is 5.16 Å². The number of hydrogen-bond acceptors (Lipinski definition) is 4. The number of aromatic amines is 1. The van der Waals surface area contributed by atoms with Crippen LogP contribution in [0.25, 0.3) is 0 Å². The lowest BCUT2D eigenvalue weighted by Crippen LogP contribution is -2.33. The highest BCUT2D eigenvalue weighted by Gasteiger charge is 2.09. The van der Waals surface area contributed by atoms with Crippen molar-refractivity contribution in [3.63, 3.8) is 0 Å². The molecule has 1 rings (SSSR count). The second-order valence-electron chi connectivity index (χ2n) is 5.29. The molecule has 19 heavy (non-hydrogen) atoms. The van der Waals surface area contributed by atoms with Gasteiger partial charge in [-0.2, -0.15) is 0 Å². The molecule has 0 saturated heterocycles. The summed E-state index contributed by atoms with van der Waals surface area (Å²) in [6.07, 6.45) is 3.41. The van der Waals surface area contributed by atoms with Crippen molar-refractivity contribution in [2.45, 2.75) is 58.2 Å². The lowest BCUT2D eigenvalue weighted by Gasteiger charge is -2.14. The maximum atomic E-state index is 11.7. The fraction of sp³-hybridized carbons (Fsp3) is 0.769. The van der Waals surface area contributed by atoms with Crippen molar-refractivity contribution in [1.82, 2.24) is 20.5 Å². The van der Waals surface area contributed by atoms with Crippen molar-refractivity contribution in [2.75, 3.05) is 5.75 Å². The molecule has 0 fully saturated rings. The summed E-state index contributed by atoms with van der Waals surface area (Å²) >= 11 is 1.35. The van der Waals surface area contributed by atoms with E-state index in [1.54, 1.807) is 0 Å². The fourth-order valence-corrected chi connectivity index (χ4v) is 2.39. The van der Waals surface area contributed by atoms with E-state index < -0.39 is 0 Å². The maximum Gasteiger partial charge on any atom is 0.230 e. The van der Waals surface area contributed by atoms with Crippen molar-refractivity contribution in [3.8, 4) is 0 Å². The smallest absolute Gasteiger partial charge is 0.230 e. The van der Waals surface area contributed by atoms with E-state index in [0.29, 0.717) is 10.9 Å². The molecule has 2 N–H and O–H groups in total. The predicted octanol–water partition coefficient (Wildman–Crippen LogP) is 2.54. The van der Waals surface area contributed by atoms with Crippen molar-refractivity contribution in [3.05, 3.63) is 5.82 Å². The Labute approximate surface area is 119 Å². The molecule has 0 spiro atoms. The zero-order valence-corrected chi connectivity index (χ0v) is 13.0. The van der Waals surface area contributed by atoms with Gasteiger partial charge in [-0.05, 0) is 26.2 Å². The van der Waals surface area contributed by atoms with E-state index in [0.717, 1.165) is 24.6 Å². The van der Waals surface area contributed by atoms with Gasteiger partial charge < -0.3 is 5.32 Å². The van der Waals surface area contributed by atoms with E-state index in [-0.39, 0.29) is 11.9 Å². The number of aromatic nitrogens is 3. The molecule has 1 heterocycles. The zero-order valence-electron chi connectivity index (χ0n) is 12.2. The van der Waals surface area contributed by atoms with Crippen LogP contribution < -0.4 is 5.32 Å². The van der Waals surface area contributed by atoms with Gasteiger partial charge in [0.15, 0.2) is 0 Å². The van der Waals surface area contributed by atoms with Crippen LogP contribution in [0.4, 0.5) is 0 Å². The number of aryl methyl sites for hydroxylation is 1. The first-order valence-electron chi connectivity index (χ1n) is 6.78. The van der Waals surface area contributed by atoms with Crippen LogP contribution in [0.2, 0.25) is 0 Å². The largest absolute Gasteiger partial charge is 0.353 e.